The average molecular weight is 466 g/mol. The van der Waals surface area contributed by atoms with E-state index in [1.807, 2.05) is 30.5 Å². The van der Waals surface area contributed by atoms with Crippen LogP contribution in [0.2, 0.25) is 0 Å². The summed E-state index contributed by atoms with van der Waals surface area (Å²) in [4.78, 5) is 23.7. The van der Waals surface area contributed by atoms with Crippen LogP contribution in [-0.4, -0.2) is 31.4 Å². The number of aryl methyl sites for hydroxylation is 1. The number of nitrogens with one attached hydrogen (secondary N) is 1. The molecule has 7 heteroatoms. The molecule has 0 unspecified atom stereocenters. The number of aromatic nitrogens is 3. The molecule has 0 saturated heterocycles. The van der Waals surface area contributed by atoms with Gasteiger partial charge in [-0.25, -0.2) is 4.79 Å². The highest BCUT2D eigenvalue weighted by Crippen LogP contribution is 2.48. The normalized spacial score (nSPS) is 14.5. The van der Waals surface area contributed by atoms with E-state index in [9.17, 15) is 14.7 Å². The lowest BCUT2D eigenvalue weighted by atomic mass is 9.86. The zero-order valence-electron chi connectivity index (χ0n) is 21.2. The van der Waals surface area contributed by atoms with Gasteiger partial charge in [0, 0.05) is 48.1 Å². The van der Waals surface area contributed by atoms with E-state index in [1.165, 1.54) is 17.8 Å². The molecule has 34 heavy (non-hydrogen) atoms. The third-order valence-electron chi connectivity index (χ3n) is 5.51. The van der Waals surface area contributed by atoms with Crippen LogP contribution in [0.15, 0.2) is 35.4 Å². The van der Waals surface area contributed by atoms with E-state index in [0.717, 1.165) is 52.6 Å². The smallest absolute Gasteiger partial charge is 0.341 e. The Morgan fingerprint density at radius 2 is 1.85 bits per heavy atom. The van der Waals surface area contributed by atoms with Crippen LogP contribution in [-0.2, 0) is 19.4 Å². The first-order valence-corrected chi connectivity index (χ1v) is 11.9. The van der Waals surface area contributed by atoms with Gasteiger partial charge in [0.05, 0.1) is 11.4 Å². The molecule has 5 rings (SSSR count). The van der Waals surface area contributed by atoms with Gasteiger partial charge in [-0.1, -0.05) is 34.6 Å². The molecular formula is C27H35N3O4. The minimum absolute atomic E-state index is 0.202. The number of nitrogens with zero attached hydrogens (tertiary/aromatic N) is 2. The van der Waals surface area contributed by atoms with Crippen molar-refractivity contribution in [3.63, 3.8) is 0 Å². The van der Waals surface area contributed by atoms with E-state index in [1.54, 1.807) is 6.20 Å². The Morgan fingerprint density at radius 3 is 2.44 bits per heavy atom. The Hall–Kier alpha value is -3.35. The van der Waals surface area contributed by atoms with Crippen LogP contribution in [0, 0.1) is 5.92 Å². The van der Waals surface area contributed by atoms with Crippen LogP contribution < -0.4 is 10.2 Å². The number of aromatic carboxylic acids is 1. The van der Waals surface area contributed by atoms with Crippen molar-refractivity contribution in [2.75, 3.05) is 0 Å². The van der Waals surface area contributed by atoms with Crippen LogP contribution in [0.25, 0.3) is 22.5 Å². The van der Waals surface area contributed by atoms with Gasteiger partial charge < -0.3 is 14.4 Å². The highest BCUT2D eigenvalue weighted by molar-refractivity contribution is 5.88. The third-order valence-corrected chi connectivity index (χ3v) is 5.51. The summed E-state index contributed by atoms with van der Waals surface area (Å²) in [5, 5.41) is 16.3. The molecule has 0 saturated carbocycles. The second-order valence-electron chi connectivity index (χ2n) is 9.68. The minimum Gasteiger partial charge on any atom is -0.487 e. The Kier molecular flexibility index (Phi) is 7.34. The van der Waals surface area contributed by atoms with E-state index >= 15 is 0 Å². The first kappa shape index (κ1) is 25.3. The molecule has 0 aliphatic carbocycles. The molecule has 1 aromatic carbocycles. The average Bonchev–Trinajstić information content (AvgIpc) is 3.40. The predicted molar refractivity (Wildman–Crippen MR) is 135 cm³/mol. The van der Waals surface area contributed by atoms with Gasteiger partial charge in [0.25, 0.3) is 0 Å². The Morgan fingerprint density at radius 1 is 1.18 bits per heavy atom. The van der Waals surface area contributed by atoms with Crippen LogP contribution in [0.4, 0.5) is 0 Å². The van der Waals surface area contributed by atoms with Gasteiger partial charge in [0.2, 0.25) is 0 Å². The lowest BCUT2D eigenvalue weighted by molar-refractivity contribution is 0.0694. The van der Waals surface area contributed by atoms with Crippen molar-refractivity contribution < 1.29 is 14.6 Å². The van der Waals surface area contributed by atoms with E-state index in [-0.39, 0.29) is 11.2 Å². The number of H-pyrrole nitrogens is 1. The van der Waals surface area contributed by atoms with Crippen LogP contribution >= 0.6 is 0 Å². The molecule has 0 fully saturated rings. The molecule has 0 atom stereocenters. The molecular weight excluding hydrogens is 430 g/mol. The van der Waals surface area contributed by atoms with Crippen molar-refractivity contribution in [1.82, 2.24) is 14.8 Å². The molecule has 2 aromatic heterocycles. The van der Waals surface area contributed by atoms with Crippen LogP contribution in [0.3, 0.4) is 0 Å². The number of fused-ring (bicyclic) bond motifs is 5. The van der Waals surface area contributed by atoms with E-state index < -0.39 is 11.4 Å². The monoisotopic (exact) mass is 465 g/mol. The zero-order valence-corrected chi connectivity index (χ0v) is 21.2. The molecule has 2 N–H and O–H groups in total. The fourth-order valence-corrected chi connectivity index (χ4v) is 4.31. The fourth-order valence-electron chi connectivity index (χ4n) is 4.31. The minimum atomic E-state index is -1.20. The number of ether oxygens (including phenoxy) is 1. The number of benzene rings is 1. The molecule has 2 aliphatic heterocycles. The quantitative estimate of drug-likeness (QED) is 0.516. The fraction of sp³-hybridized carbons (Fsp3) is 0.444. The molecule has 4 heterocycles. The number of carboxylic acids is 1. The number of hydrogen-bond acceptors (Lipinski definition) is 4. The van der Waals surface area contributed by atoms with Gasteiger partial charge in [0.15, 0.2) is 5.43 Å². The van der Waals surface area contributed by atoms with Gasteiger partial charge in [0.1, 0.15) is 16.9 Å². The molecule has 0 bridgehead atoms. The van der Waals surface area contributed by atoms with E-state index in [2.05, 4.69) is 44.8 Å². The summed E-state index contributed by atoms with van der Waals surface area (Å²) in [7, 11) is 0. The summed E-state index contributed by atoms with van der Waals surface area (Å²) in [5.74, 6) is 0.499. The van der Waals surface area contributed by atoms with Crippen molar-refractivity contribution in [2.24, 2.45) is 5.92 Å². The second-order valence-corrected chi connectivity index (χ2v) is 9.68. The maximum absolute atomic E-state index is 12.4. The first-order chi connectivity index (χ1) is 16.1. The van der Waals surface area contributed by atoms with Gasteiger partial charge >= 0.3 is 5.97 Å². The number of carbonyl (C=O) groups is 1. The van der Waals surface area contributed by atoms with Crippen molar-refractivity contribution in [1.29, 1.82) is 0 Å². The van der Waals surface area contributed by atoms with Crippen LogP contribution in [0.1, 0.15) is 70.0 Å². The number of rotatable bonds is 2. The predicted octanol–water partition coefficient (Wildman–Crippen LogP) is 5.56. The standard InChI is InChI=1S/C21H19N3O4.C4H10.C2H6/c1-21(2)9-14-11-4-6-24-10-15(20(26)27)18(25)8-17(24)12(11)7-13(19(14)28-21)16-3-5-22-23-16;1-4(2)3;1-2/h3,5,7-8,10H,4,6,9H2,1-2H3,(H,22,23)(H,26,27);4H,1-3H3;1-2H3. The van der Waals surface area contributed by atoms with Gasteiger partial charge in [-0.3, -0.25) is 9.89 Å². The third kappa shape index (κ3) is 4.93. The summed E-state index contributed by atoms with van der Waals surface area (Å²) in [6.07, 6.45) is 4.69. The highest BCUT2D eigenvalue weighted by Gasteiger charge is 2.37. The lowest BCUT2D eigenvalue weighted by Crippen LogP contribution is -2.25. The molecule has 182 valence electrons. The lowest BCUT2D eigenvalue weighted by Gasteiger charge is -2.25. The van der Waals surface area contributed by atoms with Crippen molar-refractivity contribution in [3.05, 3.63) is 57.5 Å². The number of carboxylic acid groups (broad SMARTS) is 1. The van der Waals surface area contributed by atoms with Gasteiger partial charge in [-0.05, 0) is 43.9 Å². The summed E-state index contributed by atoms with van der Waals surface area (Å²) in [6, 6.07) is 5.35. The molecule has 3 aromatic rings. The van der Waals surface area contributed by atoms with Crippen LogP contribution in [0.5, 0.6) is 5.75 Å². The van der Waals surface area contributed by atoms with Gasteiger partial charge in [-0.15, -0.1) is 0 Å². The summed E-state index contributed by atoms with van der Waals surface area (Å²) >= 11 is 0. The Bertz CT molecular complexity index is 1230. The van der Waals surface area contributed by atoms with Crippen molar-refractivity contribution >= 4 is 5.97 Å². The summed E-state index contributed by atoms with van der Waals surface area (Å²) < 4.78 is 8.14. The number of pyridine rings is 1. The topological polar surface area (TPSA) is 97.2 Å². The Balaban J connectivity index is 0.000000492. The van der Waals surface area contributed by atoms with E-state index in [0.29, 0.717) is 6.54 Å². The maximum atomic E-state index is 12.4. The zero-order chi connectivity index (χ0) is 25.2. The molecule has 0 amide bonds. The van der Waals surface area contributed by atoms with Crippen molar-refractivity contribution in [2.45, 2.75) is 73.5 Å². The summed E-state index contributed by atoms with van der Waals surface area (Å²) in [6.45, 7) is 15.3. The molecule has 0 radical (unpaired) electrons. The Labute approximate surface area is 200 Å². The van der Waals surface area contributed by atoms with Gasteiger partial charge in [-0.2, -0.15) is 5.10 Å². The highest BCUT2D eigenvalue weighted by atomic mass is 16.5. The number of aromatic amines is 1. The number of hydrogen-bond donors (Lipinski definition) is 2. The second kappa shape index (κ2) is 9.87. The van der Waals surface area contributed by atoms with Crippen molar-refractivity contribution in [3.8, 4) is 28.3 Å². The first-order valence-electron chi connectivity index (χ1n) is 11.9. The SMILES string of the molecule is CC.CC(C)C.CC1(C)Cc2c3c(cc(-c4ccn[nH]4)c2O1)-c1cc(=O)c(C(=O)O)cn1CC3. The molecule has 0 spiro atoms. The largest absolute Gasteiger partial charge is 0.487 e. The summed E-state index contributed by atoms with van der Waals surface area (Å²) in [5.41, 5.74) is 4.78. The molecule has 2 aliphatic rings. The molecule has 7 nitrogen and oxygen atoms in total. The van der Waals surface area contributed by atoms with E-state index in [4.69, 9.17) is 4.74 Å². The maximum Gasteiger partial charge on any atom is 0.341 e.